The minimum Gasteiger partial charge on any atom is -0.378 e. The second-order valence-electron chi connectivity index (χ2n) is 6.32. The van der Waals surface area contributed by atoms with E-state index in [2.05, 4.69) is 5.32 Å². The quantitative estimate of drug-likeness (QED) is 0.847. The molecule has 132 valence electrons. The molecule has 2 saturated heterocycles. The van der Waals surface area contributed by atoms with E-state index < -0.39 is 10.0 Å². The van der Waals surface area contributed by atoms with Crippen molar-refractivity contribution in [3.63, 3.8) is 0 Å². The molecule has 1 amide bonds. The Balaban J connectivity index is 1.56. The summed E-state index contributed by atoms with van der Waals surface area (Å²) in [6.07, 6.45) is 5.02. The number of amides is 1. The fraction of sp³-hybridized carbons (Fsp3) is 0.588. The largest absolute Gasteiger partial charge is 0.378 e. The summed E-state index contributed by atoms with van der Waals surface area (Å²) in [6.45, 7) is 2.53. The zero-order chi connectivity index (χ0) is 17.0. The minimum atomic E-state index is -3.42. The smallest absolute Gasteiger partial charge is 0.251 e. The van der Waals surface area contributed by atoms with E-state index in [9.17, 15) is 13.2 Å². The van der Waals surface area contributed by atoms with Crippen molar-refractivity contribution in [2.45, 2.75) is 43.1 Å². The second kappa shape index (κ2) is 7.63. The lowest BCUT2D eigenvalue weighted by molar-refractivity contribution is 0.0907. The van der Waals surface area contributed by atoms with Gasteiger partial charge in [-0.05, 0) is 56.4 Å². The maximum atomic E-state index is 12.4. The van der Waals surface area contributed by atoms with Gasteiger partial charge in [0, 0.05) is 31.8 Å². The number of sulfonamides is 1. The van der Waals surface area contributed by atoms with E-state index in [1.54, 1.807) is 12.1 Å². The molecule has 1 aromatic rings. The Bertz CT molecular complexity index is 660. The van der Waals surface area contributed by atoms with Crippen molar-refractivity contribution in [1.82, 2.24) is 9.62 Å². The van der Waals surface area contributed by atoms with E-state index in [0.29, 0.717) is 25.2 Å². The highest BCUT2D eigenvalue weighted by Crippen LogP contribution is 2.21. The highest BCUT2D eigenvalue weighted by atomic mass is 32.2. The van der Waals surface area contributed by atoms with Crippen LogP contribution in [0.4, 0.5) is 0 Å². The molecule has 7 heteroatoms. The predicted molar refractivity (Wildman–Crippen MR) is 90.4 cm³/mol. The van der Waals surface area contributed by atoms with Crippen LogP contribution in [-0.4, -0.2) is 51.0 Å². The monoisotopic (exact) mass is 352 g/mol. The van der Waals surface area contributed by atoms with Crippen LogP contribution in [0.25, 0.3) is 0 Å². The van der Waals surface area contributed by atoms with Crippen molar-refractivity contribution in [2.24, 2.45) is 0 Å². The first kappa shape index (κ1) is 17.4. The highest BCUT2D eigenvalue weighted by molar-refractivity contribution is 7.89. The number of hydrogen-bond donors (Lipinski definition) is 1. The van der Waals surface area contributed by atoms with Crippen molar-refractivity contribution >= 4 is 15.9 Å². The molecule has 2 fully saturated rings. The number of hydrogen-bond acceptors (Lipinski definition) is 4. The topological polar surface area (TPSA) is 75.7 Å². The van der Waals surface area contributed by atoms with E-state index in [-0.39, 0.29) is 16.9 Å². The molecule has 1 unspecified atom stereocenters. The summed E-state index contributed by atoms with van der Waals surface area (Å²) in [6, 6.07) is 6.18. The second-order valence-corrected chi connectivity index (χ2v) is 8.25. The van der Waals surface area contributed by atoms with E-state index >= 15 is 0 Å². The molecule has 2 aliphatic heterocycles. The van der Waals surface area contributed by atoms with Crippen LogP contribution >= 0.6 is 0 Å². The van der Waals surface area contributed by atoms with Gasteiger partial charge in [-0.3, -0.25) is 4.79 Å². The first-order chi connectivity index (χ1) is 11.6. The summed E-state index contributed by atoms with van der Waals surface area (Å²) in [7, 11) is -3.42. The first-order valence-electron chi connectivity index (χ1n) is 8.57. The summed E-state index contributed by atoms with van der Waals surface area (Å²) in [5.41, 5.74) is 0.475. The summed E-state index contributed by atoms with van der Waals surface area (Å²) < 4.78 is 31.9. The van der Waals surface area contributed by atoms with Crippen LogP contribution in [0.5, 0.6) is 0 Å². The van der Waals surface area contributed by atoms with Crippen LogP contribution in [0.1, 0.15) is 42.5 Å². The van der Waals surface area contributed by atoms with Crippen molar-refractivity contribution in [3.05, 3.63) is 29.8 Å². The Morgan fingerprint density at radius 1 is 1.17 bits per heavy atom. The molecule has 2 heterocycles. The van der Waals surface area contributed by atoms with Gasteiger partial charge in [0.05, 0.1) is 11.0 Å². The predicted octanol–water partition coefficient (Wildman–Crippen LogP) is 1.77. The molecular weight excluding hydrogens is 328 g/mol. The van der Waals surface area contributed by atoms with Crippen LogP contribution in [-0.2, 0) is 14.8 Å². The fourth-order valence-electron chi connectivity index (χ4n) is 3.18. The van der Waals surface area contributed by atoms with Gasteiger partial charge in [0.25, 0.3) is 5.91 Å². The van der Waals surface area contributed by atoms with E-state index in [1.165, 1.54) is 16.4 Å². The normalized spacial score (nSPS) is 21.9. The Hall–Kier alpha value is -1.44. The molecule has 0 bridgehead atoms. The summed E-state index contributed by atoms with van der Waals surface area (Å²) in [5.74, 6) is -0.182. The number of carbonyl (C=O) groups excluding carboxylic acids is 1. The third-order valence-corrected chi connectivity index (χ3v) is 6.51. The molecule has 24 heavy (non-hydrogen) atoms. The van der Waals surface area contributed by atoms with E-state index in [0.717, 1.165) is 38.7 Å². The van der Waals surface area contributed by atoms with Gasteiger partial charge in [0.2, 0.25) is 10.0 Å². The Morgan fingerprint density at radius 3 is 2.50 bits per heavy atom. The average Bonchev–Trinajstić information content (AvgIpc) is 3.29. The van der Waals surface area contributed by atoms with Crippen molar-refractivity contribution in [1.29, 1.82) is 0 Å². The first-order valence-corrected chi connectivity index (χ1v) is 10.0. The fourth-order valence-corrected chi connectivity index (χ4v) is 4.69. The highest BCUT2D eigenvalue weighted by Gasteiger charge is 2.27. The molecule has 0 aliphatic carbocycles. The molecule has 0 spiro atoms. The van der Waals surface area contributed by atoms with Gasteiger partial charge in [-0.1, -0.05) is 0 Å². The Morgan fingerprint density at radius 2 is 1.88 bits per heavy atom. The van der Waals surface area contributed by atoms with Crippen LogP contribution in [0, 0.1) is 0 Å². The summed E-state index contributed by atoms with van der Waals surface area (Å²) in [4.78, 5) is 12.4. The summed E-state index contributed by atoms with van der Waals surface area (Å²) in [5, 5.41) is 2.86. The summed E-state index contributed by atoms with van der Waals surface area (Å²) >= 11 is 0. The zero-order valence-electron chi connectivity index (χ0n) is 13.7. The van der Waals surface area contributed by atoms with Gasteiger partial charge in [-0.25, -0.2) is 8.42 Å². The van der Waals surface area contributed by atoms with Crippen LogP contribution in [0.3, 0.4) is 0 Å². The minimum absolute atomic E-state index is 0.182. The van der Waals surface area contributed by atoms with Gasteiger partial charge in [-0.15, -0.1) is 0 Å². The molecule has 2 aliphatic rings. The lowest BCUT2D eigenvalue weighted by Gasteiger charge is -2.15. The van der Waals surface area contributed by atoms with E-state index in [4.69, 9.17) is 4.74 Å². The molecule has 1 atom stereocenters. The average molecular weight is 352 g/mol. The zero-order valence-corrected chi connectivity index (χ0v) is 14.6. The van der Waals surface area contributed by atoms with Gasteiger partial charge in [0.1, 0.15) is 0 Å². The van der Waals surface area contributed by atoms with Crippen molar-refractivity contribution in [2.75, 3.05) is 26.2 Å². The lowest BCUT2D eigenvalue weighted by atomic mass is 10.1. The Labute approximate surface area is 143 Å². The molecule has 0 saturated carbocycles. The number of nitrogens with one attached hydrogen (secondary N) is 1. The van der Waals surface area contributed by atoms with Crippen LogP contribution < -0.4 is 5.32 Å². The third-order valence-electron chi connectivity index (χ3n) is 4.60. The molecule has 0 radical (unpaired) electrons. The molecule has 0 aromatic heterocycles. The van der Waals surface area contributed by atoms with Crippen LogP contribution in [0.2, 0.25) is 0 Å². The van der Waals surface area contributed by atoms with Gasteiger partial charge >= 0.3 is 0 Å². The molecule has 3 rings (SSSR count). The molecule has 1 aromatic carbocycles. The van der Waals surface area contributed by atoms with Gasteiger partial charge in [-0.2, -0.15) is 4.31 Å². The number of carbonyl (C=O) groups is 1. The third kappa shape index (κ3) is 3.96. The van der Waals surface area contributed by atoms with Gasteiger partial charge < -0.3 is 10.1 Å². The number of nitrogens with zero attached hydrogens (tertiary/aromatic N) is 1. The Kier molecular flexibility index (Phi) is 5.53. The van der Waals surface area contributed by atoms with Gasteiger partial charge in [0.15, 0.2) is 0 Å². The van der Waals surface area contributed by atoms with E-state index in [1.807, 2.05) is 0 Å². The van der Waals surface area contributed by atoms with Crippen molar-refractivity contribution in [3.8, 4) is 0 Å². The molecule has 6 nitrogen and oxygen atoms in total. The maximum Gasteiger partial charge on any atom is 0.251 e. The number of ether oxygens (including phenoxy) is 1. The number of benzene rings is 1. The molecular formula is C17H24N2O4S. The SMILES string of the molecule is O=C(NCCC1CCCO1)c1ccc(S(=O)(=O)N2CCCC2)cc1. The van der Waals surface area contributed by atoms with Crippen molar-refractivity contribution < 1.29 is 17.9 Å². The standard InChI is InChI=1S/C17H24N2O4S/c20-17(18-10-9-15-4-3-13-23-15)14-5-7-16(8-6-14)24(21,22)19-11-1-2-12-19/h5-8,15H,1-4,9-13H2,(H,18,20). The van der Waals surface area contributed by atoms with Crippen LogP contribution in [0.15, 0.2) is 29.2 Å². The number of rotatable bonds is 6. The lowest BCUT2D eigenvalue weighted by Crippen LogP contribution is -2.28. The molecule has 1 N–H and O–H groups in total. The maximum absolute atomic E-state index is 12.4.